The molecule has 106 valence electrons. The molecule has 1 aromatic heterocycles. The number of nitrogens with one attached hydrogen (secondary N) is 1. The number of aromatic amines is 1. The number of alkyl halides is 1. The molecule has 20 heavy (non-hydrogen) atoms. The third kappa shape index (κ3) is 3.61. The molecule has 2 rings (SSSR count). The maximum atomic E-state index is 11.4. The van der Waals surface area contributed by atoms with Gasteiger partial charge in [0.25, 0.3) is 5.56 Å². The molecule has 1 heterocycles. The van der Waals surface area contributed by atoms with Crippen LogP contribution in [-0.4, -0.2) is 16.8 Å². The summed E-state index contributed by atoms with van der Waals surface area (Å²) in [6, 6.07) is 9.31. The van der Waals surface area contributed by atoms with Gasteiger partial charge in [-0.1, -0.05) is 13.8 Å². The number of hydrogen-bond acceptors (Lipinski definition) is 3. The van der Waals surface area contributed by atoms with E-state index in [1.165, 1.54) is 0 Å². The van der Waals surface area contributed by atoms with Gasteiger partial charge in [0.2, 0.25) is 0 Å². The van der Waals surface area contributed by atoms with Gasteiger partial charge >= 0.3 is 0 Å². The van der Waals surface area contributed by atoms with Crippen molar-refractivity contribution in [3.8, 4) is 17.0 Å². The quantitative estimate of drug-likeness (QED) is 0.861. The molecule has 0 aliphatic rings. The van der Waals surface area contributed by atoms with Gasteiger partial charge in [0.1, 0.15) is 5.75 Å². The number of benzene rings is 1. The van der Waals surface area contributed by atoms with Crippen molar-refractivity contribution >= 4 is 11.6 Å². The minimum atomic E-state index is -0.249. The highest BCUT2D eigenvalue weighted by Crippen LogP contribution is 2.21. The number of rotatable bonds is 5. The highest BCUT2D eigenvalue weighted by atomic mass is 35.5. The van der Waals surface area contributed by atoms with E-state index in [0.717, 1.165) is 11.3 Å². The molecule has 5 heteroatoms. The molecule has 0 saturated heterocycles. The van der Waals surface area contributed by atoms with E-state index >= 15 is 0 Å². The second-order valence-electron chi connectivity index (χ2n) is 4.97. The number of ether oxygens (including phenoxy) is 1. The Balaban J connectivity index is 2.19. The van der Waals surface area contributed by atoms with Gasteiger partial charge in [-0.2, -0.15) is 5.10 Å². The van der Waals surface area contributed by atoms with Gasteiger partial charge in [0.05, 0.1) is 18.2 Å². The minimum Gasteiger partial charge on any atom is -0.493 e. The number of hydrogen-bond donors (Lipinski definition) is 1. The fourth-order valence-electron chi connectivity index (χ4n) is 1.68. The smallest absolute Gasteiger partial charge is 0.268 e. The monoisotopic (exact) mass is 292 g/mol. The lowest BCUT2D eigenvalue weighted by molar-refractivity contribution is 0.271. The van der Waals surface area contributed by atoms with E-state index in [9.17, 15) is 4.79 Å². The van der Waals surface area contributed by atoms with Crippen LogP contribution in [0.4, 0.5) is 0 Å². The molecule has 1 N–H and O–H groups in total. The summed E-state index contributed by atoms with van der Waals surface area (Å²) in [5, 5.41) is 6.48. The van der Waals surface area contributed by atoms with Crippen molar-refractivity contribution in [2.24, 2.45) is 5.92 Å². The second kappa shape index (κ2) is 6.57. The van der Waals surface area contributed by atoms with Crippen LogP contribution < -0.4 is 10.3 Å². The molecule has 0 fully saturated rings. The van der Waals surface area contributed by atoms with E-state index in [0.29, 0.717) is 23.8 Å². The van der Waals surface area contributed by atoms with Crippen LogP contribution >= 0.6 is 11.6 Å². The highest BCUT2D eigenvalue weighted by Gasteiger charge is 2.05. The summed E-state index contributed by atoms with van der Waals surface area (Å²) in [7, 11) is 0. The van der Waals surface area contributed by atoms with Gasteiger partial charge in [0, 0.05) is 11.1 Å². The summed E-state index contributed by atoms with van der Waals surface area (Å²) in [6.45, 7) is 4.89. The molecule has 0 aliphatic heterocycles. The molecular weight excluding hydrogens is 276 g/mol. The summed E-state index contributed by atoms with van der Waals surface area (Å²) in [5.41, 5.74) is 1.86. The molecule has 0 amide bonds. The topological polar surface area (TPSA) is 55.0 Å². The van der Waals surface area contributed by atoms with Crippen molar-refractivity contribution < 1.29 is 4.74 Å². The first kappa shape index (κ1) is 14.6. The van der Waals surface area contributed by atoms with E-state index in [2.05, 4.69) is 24.0 Å². The van der Waals surface area contributed by atoms with Crippen LogP contribution in [0.15, 0.2) is 35.1 Å². The summed E-state index contributed by atoms with van der Waals surface area (Å²) < 4.78 is 5.62. The molecule has 0 spiro atoms. The summed E-state index contributed by atoms with van der Waals surface area (Å²) in [6.07, 6.45) is 0. The van der Waals surface area contributed by atoms with Gasteiger partial charge < -0.3 is 4.74 Å². The van der Waals surface area contributed by atoms with Gasteiger partial charge in [-0.3, -0.25) is 4.79 Å². The summed E-state index contributed by atoms with van der Waals surface area (Å²) in [4.78, 5) is 11.4. The van der Waals surface area contributed by atoms with Gasteiger partial charge in [-0.25, -0.2) is 5.10 Å². The fourth-order valence-corrected chi connectivity index (χ4v) is 1.88. The van der Waals surface area contributed by atoms with Crippen molar-refractivity contribution in [1.82, 2.24) is 10.2 Å². The Labute approximate surface area is 122 Å². The van der Waals surface area contributed by atoms with Crippen molar-refractivity contribution in [3.05, 3.63) is 46.2 Å². The predicted octanol–water partition coefficient (Wildman–Crippen LogP) is 3.21. The average Bonchev–Trinajstić information content (AvgIpc) is 2.46. The molecule has 0 unspecified atom stereocenters. The second-order valence-corrected chi connectivity index (χ2v) is 5.24. The summed E-state index contributed by atoms with van der Waals surface area (Å²) >= 11 is 5.72. The third-order valence-corrected chi connectivity index (χ3v) is 3.05. The molecule has 4 nitrogen and oxygen atoms in total. The molecule has 0 saturated carbocycles. The zero-order chi connectivity index (χ0) is 14.5. The van der Waals surface area contributed by atoms with Crippen LogP contribution in [-0.2, 0) is 5.88 Å². The number of halogens is 1. The highest BCUT2D eigenvalue weighted by molar-refractivity contribution is 6.17. The number of H-pyrrole nitrogens is 1. The van der Waals surface area contributed by atoms with Crippen molar-refractivity contribution in [1.29, 1.82) is 0 Å². The van der Waals surface area contributed by atoms with Crippen LogP contribution in [0.1, 0.15) is 19.4 Å². The Hall–Kier alpha value is -1.81. The van der Waals surface area contributed by atoms with E-state index in [1.54, 1.807) is 6.07 Å². The molecule has 0 aliphatic carbocycles. The zero-order valence-electron chi connectivity index (χ0n) is 11.5. The Morgan fingerprint density at radius 1 is 1.30 bits per heavy atom. The lowest BCUT2D eigenvalue weighted by Crippen LogP contribution is -2.13. The first-order chi connectivity index (χ1) is 9.60. The van der Waals surface area contributed by atoms with Crippen LogP contribution in [0, 0.1) is 5.92 Å². The predicted molar refractivity (Wildman–Crippen MR) is 80.2 cm³/mol. The van der Waals surface area contributed by atoms with Crippen LogP contribution in [0.3, 0.4) is 0 Å². The van der Waals surface area contributed by atoms with Crippen LogP contribution in [0.2, 0.25) is 0 Å². The van der Waals surface area contributed by atoms with E-state index < -0.39 is 0 Å². The third-order valence-electron chi connectivity index (χ3n) is 2.76. The van der Waals surface area contributed by atoms with Crippen LogP contribution in [0.5, 0.6) is 5.75 Å². The molecule has 0 atom stereocenters. The SMILES string of the molecule is CC(C)COc1ccc(-c2cc(CCl)c(=O)[nH]n2)cc1. The maximum absolute atomic E-state index is 11.4. The normalized spacial score (nSPS) is 10.8. The fraction of sp³-hybridized carbons (Fsp3) is 0.333. The Morgan fingerprint density at radius 3 is 2.60 bits per heavy atom. The van der Waals surface area contributed by atoms with E-state index in [4.69, 9.17) is 16.3 Å². The van der Waals surface area contributed by atoms with Crippen molar-refractivity contribution in [2.45, 2.75) is 19.7 Å². The summed E-state index contributed by atoms with van der Waals surface area (Å²) in [5.74, 6) is 1.48. The average molecular weight is 293 g/mol. The number of aromatic nitrogens is 2. The largest absolute Gasteiger partial charge is 0.493 e. The maximum Gasteiger partial charge on any atom is 0.268 e. The van der Waals surface area contributed by atoms with Gasteiger partial charge in [-0.05, 0) is 36.2 Å². The first-order valence-electron chi connectivity index (χ1n) is 6.48. The molecule has 0 bridgehead atoms. The van der Waals surface area contributed by atoms with Gasteiger partial charge in [0.15, 0.2) is 0 Å². The standard InChI is InChI=1S/C15H17ClN2O2/c1-10(2)9-20-13-5-3-11(4-6-13)14-7-12(8-16)15(19)18-17-14/h3-7,10H,8-9H2,1-2H3,(H,18,19). The molecular formula is C15H17ClN2O2. The van der Waals surface area contributed by atoms with Crippen molar-refractivity contribution in [2.75, 3.05) is 6.61 Å². The Bertz CT molecular complexity index is 621. The number of nitrogens with zero attached hydrogens (tertiary/aromatic N) is 1. The first-order valence-corrected chi connectivity index (χ1v) is 7.01. The van der Waals surface area contributed by atoms with Crippen LogP contribution in [0.25, 0.3) is 11.3 Å². The Morgan fingerprint density at radius 2 is 2.00 bits per heavy atom. The van der Waals surface area contributed by atoms with Gasteiger partial charge in [-0.15, -0.1) is 11.6 Å². The molecule has 2 aromatic rings. The lowest BCUT2D eigenvalue weighted by Gasteiger charge is -2.09. The Kier molecular flexibility index (Phi) is 4.79. The molecule has 0 radical (unpaired) electrons. The van der Waals surface area contributed by atoms with E-state index in [1.807, 2.05) is 24.3 Å². The zero-order valence-corrected chi connectivity index (χ0v) is 12.3. The van der Waals surface area contributed by atoms with Crippen molar-refractivity contribution in [3.63, 3.8) is 0 Å². The molecule has 1 aromatic carbocycles. The van der Waals surface area contributed by atoms with E-state index in [-0.39, 0.29) is 11.4 Å². The minimum absolute atomic E-state index is 0.167. The lowest BCUT2D eigenvalue weighted by atomic mass is 10.1.